The van der Waals surface area contributed by atoms with E-state index in [9.17, 15) is 15.0 Å². The fraction of sp³-hybridized carbons (Fsp3) is 0.160. The van der Waals surface area contributed by atoms with Crippen molar-refractivity contribution in [3.8, 4) is 11.4 Å². The Bertz CT molecular complexity index is 1350. The van der Waals surface area contributed by atoms with Crippen LogP contribution in [0.25, 0.3) is 5.69 Å². The van der Waals surface area contributed by atoms with Gasteiger partial charge in [-0.15, -0.1) is 11.3 Å². The summed E-state index contributed by atoms with van der Waals surface area (Å²) in [5, 5.41) is 27.7. The number of nitrogens with zero attached hydrogens (tertiary/aromatic N) is 3. The minimum atomic E-state index is -0.984. The van der Waals surface area contributed by atoms with Gasteiger partial charge in [-0.1, -0.05) is 30.3 Å². The summed E-state index contributed by atoms with van der Waals surface area (Å²) in [7, 11) is 0. The van der Waals surface area contributed by atoms with E-state index < -0.39 is 17.8 Å². The molecule has 0 bridgehead atoms. The third-order valence-electron chi connectivity index (χ3n) is 5.88. The second kappa shape index (κ2) is 7.76. The van der Waals surface area contributed by atoms with Gasteiger partial charge in [0.05, 0.1) is 17.1 Å². The summed E-state index contributed by atoms with van der Waals surface area (Å²) in [6.45, 7) is 3.89. The van der Waals surface area contributed by atoms with Crippen LogP contribution in [0.3, 0.4) is 0 Å². The summed E-state index contributed by atoms with van der Waals surface area (Å²) in [6.07, 6.45) is 0. The molecule has 0 spiro atoms. The molecule has 3 heterocycles. The molecule has 160 valence electrons. The van der Waals surface area contributed by atoms with E-state index in [-0.39, 0.29) is 5.75 Å². The van der Waals surface area contributed by atoms with Gasteiger partial charge in [-0.3, -0.25) is 4.79 Å². The van der Waals surface area contributed by atoms with Crippen molar-refractivity contribution in [2.75, 3.05) is 0 Å². The van der Waals surface area contributed by atoms with Gasteiger partial charge in [0.1, 0.15) is 11.7 Å². The zero-order chi connectivity index (χ0) is 22.4. The van der Waals surface area contributed by atoms with Gasteiger partial charge in [0.2, 0.25) is 0 Å². The maximum absolute atomic E-state index is 12.7. The first-order valence-electron chi connectivity index (χ1n) is 10.3. The fourth-order valence-corrected chi connectivity index (χ4v) is 5.49. The lowest BCUT2D eigenvalue weighted by Crippen LogP contribution is -2.34. The maximum Gasteiger partial charge on any atom is 0.313 e. The van der Waals surface area contributed by atoms with Crippen molar-refractivity contribution in [1.29, 1.82) is 0 Å². The second-order valence-corrected chi connectivity index (χ2v) is 8.79. The number of para-hydroxylation sites is 2. The monoisotopic (exact) mass is 443 g/mol. The van der Waals surface area contributed by atoms with Crippen molar-refractivity contribution in [3.63, 3.8) is 0 Å². The van der Waals surface area contributed by atoms with E-state index in [1.807, 2.05) is 55.6 Å². The maximum atomic E-state index is 12.7. The number of aliphatic carboxylic acids is 1. The van der Waals surface area contributed by atoms with E-state index in [2.05, 4.69) is 0 Å². The van der Waals surface area contributed by atoms with Crippen LogP contribution >= 0.6 is 11.3 Å². The van der Waals surface area contributed by atoms with E-state index in [0.717, 1.165) is 27.4 Å². The number of rotatable bonds is 4. The number of carbonyl (C=O) groups is 1. The Morgan fingerprint density at radius 2 is 1.75 bits per heavy atom. The zero-order valence-electron chi connectivity index (χ0n) is 17.6. The van der Waals surface area contributed by atoms with E-state index in [1.165, 1.54) is 11.3 Å². The van der Waals surface area contributed by atoms with Crippen molar-refractivity contribution >= 4 is 28.8 Å². The third kappa shape index (κ3) is 3.13. The molecule has 0 radical (unpaired) electrons. The lowest BCUT2D eigenvalue weighted by molar-refractivity contribution is -0.139. The smallest absolute Gasteiger partial charge is 0.313 e. The molecule has 5 rings (SSSR count). The van der Waals surface area contributed by atoms with Gasteiger partial charge < -0.3 is 10.2 Å². The van der Waals surface area contributed by atoms with Crippen molar-refractivity contribution in [1.82, 2.24) is 9.78 Å². The molecule has 4 aromatic rings. The number of carboxylic acids is 1. The highest BCUT2D eigenvalue weighted by atomic mass is 32.1. The van der Waals surface area contributed by atoms with Gasteiger partial charge in [0.15, 0.2) is 5.82 Å². The standard InChI is InChI=1S/C25H21N3O3S/c1-14-12-13-32-23(14)20-19-15(2)27-28(16-8-4-3-5-9-16)24(19)26-22(21(20)25(30)31)17-10-6-7-11-18(17)29/h3-13,20-21,29H,1-2H3,(H,30,31)/t20-,21-/m0/s1. The molecular weight excluding hydrogens is 422 g/mol. The number of aromatic nitrogens is 2. The Balaban J connectivity index is 1.86. The molecule has 7 heteroatoms. The average Bonchev–Trinajstić information content (AvgIpc) is 3.36. The van der Waals surface area contributed by atoms with Gasteiger partial charge >= 0.3 is 5.97 Å². The molecular formula is C25H21N3O3S. The van der Waals surface area contributed by atoms with E-state index in [4.69, 9.17) is 10.1 Å². The number of aryl methyl sites for hydroxylation is 2. The van der Waals surface area contributed by atoms with E-state index in [1.54, 1.807) is 28.9 Å². The Morgan fingerprint density at radius 3 is 2.41 bits per heavy atom. The van der Waals surface area contributed by atoms with Crippen LogP contribution in [-0.2, 0) is 4.79 Å². The summed E-state index contributed by atoms with van der Waals surface area (Å²) in [5.74, 6) is -1.80. The predicted molar refractivity (Wildman–Crippen MR) is 125 cm³/mol. The first kappa shape index (κ1) is 20.2. The van der Waals surface area contributed by atoms with Crippen molar-refractivity contribution < 1.29 is 15.0 Å². The number of hydrogen-bond donors (Lipinski definition) is 2. The quantitative estimate of drug-likeness (QED) is 0.452. The molecule has 32 heavy (non-hydrogen) atoms. The number of fused-ring (bicyclic) bond motifs is 1. The molecule has 0 saturated heterocycles. The SMILES string of the molecule is Cc1ccsc1[C@H]1c2c(C)nn(-c3ccccc3)c2N=C(c2ccccc2O)[C@H]1C(=O)O. The summed E-state index contributed by atoms with van der Waals surface area (Å²) >= 11 is 1.54. The van der Waals surface area contributed by atoms with Crippen LogP contribution in [0.1, 0.15) is 33.2 Å². The van der Waals surface area contributed by atoms with Crippen LogP contribution in [0.15, 0.2) is 71.0 Å². The highest BCUT2D eigenvalue weighted by Gasteiger charge is 2.44. The molecule has 2 atom stereocenters. The van der Waals surface area contributed by atoms with Crippen LogP contribution in [0.4, 0.5) is 5.82 Å². The molecule has 1 aliphatic rings. The Labute approximate surface area is 189 Å². The summed E-state index contributed by atoms with van der Waals surface area (Å²) < 4.78 is 1.76. The lowest BCUT2D eigenvalue weighted by atomic mass is 9.76. The molecule has 1 aliphatic heterocycles. The fourth-order valence-electron chi connectivity index (χ4n) is 4.42. The average molecular weight is 444 g/mol. The normalized spacial score (nSPS) is 17.6. The number of benzene rings is 2. The third-order valence-corrected chi connectivity index (χ3v) is 6.98. The molecule has 2 aromatic heterocycles. The molecule has 2 N–H and O–H groups in total. The predicted octanol–water partition coefficient (Wildman–Crippen LogP) is 5.22. The molecule has 6 nitrogen and oxygen atoms in total. The van der Waals surface area contributed by atoms with Crippen LogP contribution in [-0.4, -0.2) is 31.7 Å². The summed E-state index contributed by atoms with van der Waals surface area (Å²) in [6, 6.07) is 18.4. The number of phenolic OH excluding ortho intramolecular Hbond substituents is 1. The zero-order valence-corrected chi connectivity index (χ0v) is 18.4. The van der Waals surface area contributed by atoms with Gasteiger partial charge in [-0.25, -0.2) is 9.67 Å². The van der Waals surface area contributed by atoms with Gasteiger partial charge in [0, 0.05) is 21.9 Å². The van der Waals surface area contributed by atoms with E-state index in [0.29, 0.717) is 17.1 Å². The van der Waals surface area contributed by atoms with Crippen molar-refractivity contribution in [2.45, 2.75) is 19.8 Å². The van der Waals surface area contributed by atoms with Crippen LogP contribution in [0.5, 0.6) is 5.75 Å². The van der Waals surface area contributed by atoms with Crippen LogP contribution in [0.2, 0.25) is 0 Å². The topological polar surface area (TPSA) is 87.7 Å². The number of aliphatic imine (C=N–C) groups is 1. The first-order chi connectivity index (χ1) is 15.5. The number of aromatic hydroxyl groups is 1. The Kier molecular flexibility index (Phi) is 4.90. The molecule has 2 aromatic carbocycles. The summed E-state index contributed by atoms with van der Waals surface area (Å²) in [4.78, 5) is 18.5. The highest BCUT2D eigenvalue weighted by Crippen LogP contribution is 2.48. The minimum absolute atomic E-state index is 0.00472. The molecule has 0 saturated carbocycles. The Morgan fingerprint density at radius 1 is 1.03 bits per heavy atom. The second-order valence-electron chi connectivity index (χ2n) is 7.85. The molecule has 0 fully saturated rings. The van der Waals surface area contributed by atoms with Crippen LogP contribution in [0, 0.1) is 19.8 Å². The van der Waals surface area contributed by atoms with Gasteiger partial charge in [-0.05, 0) is 55.1 Å². The number of phenols is 1. The number of hydrogen-bond acceptors (Lipinski definition) is 5. The van der Waals surface area contributed by atoms with Crippen molar-refractivity contribution in [2.24, 2.45) is 10.9 Å². The van der Waals surface area contributed by atoms with E-state index >= 15 is 0 Å². The largest absolute Gasteiger partial charge is 0.507 e. The lowest BCUT2D eigenvalue weighted by Gasteiger charge is -2.30. The number of carboxylic acid groups (broad SMARTS) is 1. The van der Waals surface area contributed by atoms with Gasteiger partial charge in [-0.2, -0.15) is 5.10 Å². The number of thiophene rings is 1. The molecule has 0 aliphatic carbocycles. The highest BCUT2D eigenvalue weighted by molar-refractivity contribution is 7.10. The molecule has 0 unspecified atom stereocenters. The van der Waals surface area contributed by atoms with Crippen LogP contribution < -0.4 is 0 Å². The molecule has 0 amide bonds. The van der Waals surface area contributed by atoms with Crippen molar-refractivity contribution in [3.05, 3.63) is 93.3 Å². The van der Waals surface area contributed by atoms with Gasteiger partial charge in [0.25, 0.3) is 0 Å². The Hall–Kier alpha value is -3.71. The minimum Gasteiger partial charge on any atom is -0.507 e. The summed E-state index contributed by atoms with van der Waals surface area (Å²) in [5.41, 5.74) is 4.18. The first-order valence-corrected chi connectivity index (χ1v) is 11.1.